The van der Waals surface area contributed by atoms with Gasteiger partial charge in [0, 0.05) is 42.7 Å². The van der Waals surface area contributed by atoms with Crippen LogP contribution in [0.5, 0.6) is 0 Å². The maximum atomic E-state index is 13.2. The number of ether oxygens (including phenoxy) is 1. The Morgan fingerprint density at radius 1 is 0.977 bits per heavy atom. The normalized spacial score (nSPS) is 18.7. The van der Waals surface area contributed by atoms with Crippen LogP contribution in [0.15, 0.2) is 65.8 Å². The zero-order valence-electron chi connectivity index (χ0n) is 25.5. The molecule has 2 fully saturated rings. The largest absolute Gasteiger partial charge is 0.495 e. The smallest absolute Gasteiger partial charge is 0.448 e. The van der Waals surface area contributed by atoms with Crippen LogP contribution in [-0.2, 0) is 20.6 Å². The van der Waals surface area contributed by atoms with E-state index >= 15 is 0 Å². The second kappa shape index (κ2) is 11.3. The van der Waals surface area contributed by atoms with Gasteiger partial charge in [0.1, 0.15) is 6.61 Å². The molecule has 2 heterocycles. The molecule has 43 heavy (non-hydrogen) atoms. The summed E-state index contributed by atoms with van der Waals surface area (Å²) < 4.78 is 18.7. The molecule has 0 radical (unpaired) electrons. The summed E-state index contributed by atoms with van der Waals surface area (Å²) in [7, 11) is -0.531. The van der Waals surface area contributed by atoms with Gasteiger partial charge in [0.2, 0.25) is 0 Å². The average Bonchev–Trinajstić information content (AvgIpc) is 3.43. The average molecular weight is 580 g/mol. The molecule has 2 saturated heterocycles. The lowest BCUT2D eigenvalue weighted by molar-refractivity contribution is 0.00578. The molecule has 2 aliphatic heterocycles. The monoisotopic (exact) mass is 579 g/mol. The van der Waals surface area contributed by atoms with E-state index in [0.29, 0.717) is 32.8 Å². The van der Waals surface area contributed by atoms with Crippen molar-refractivity contribution in [3.8, 4) is 11.1 Å². The molecule has 0 N–H and O–H groups in total. The fourth-order valence-corrected chi connectivity index (χ4v) is 6.34. The molecule has 0 aromatic heterocycles. The van der Waals surface area contributed by atoms with Crippen LogP contribution < -0.4 is 10.4 Å². The van der Waals surface area contributed by atoms with Crippen LogP contribution in [0.2, 0.25) is 0 Å². The molecule has 222 valence electrons. The summed E-state index contributed by atoms with van der Waals surface area (Å²) in [4.78, 5) is 20.2. The standard InChI is InChI=1S/C33H38BN5O4/c1-22-29(34-42-32(2,3)33(4,5)43-34)18-23(20-36-37-35)19-30(22)38-14-16-39(17-15-38)31(40)41-21-28-26-12-8-6-10-24(26)25-11-7-9-13-27(25)28/h6-13,18-19,28H,14-17,20-21H2,1-5H3. The molecule has 3 aliphatic rings. The van der Waals surface area contributed by atoms with Crippen LogP contribution in [0.3, 0.4) is 0 Å². The maximum absolute atomic E-state index is 13.2. The molecule has 0 spiro atoms. The number of benzene rings is 3. The van der Waals surface area contributed by atoms with Crippen molar-refractivity contribution < 1.29 is 18.8 Å². The molecule has 1 amide bonds. The van der Waals surface area contributed by atoms with Crippen molar-refractivity contribution in [2.45, 2.75) is 58.3 Å². The maximum Gasteiger partial charge on any atom is 0.495 e. The Hall–Kier alpha value is -3.98. The predicted molar refractivity (Wildman–Crippen MR) is 169 cm³/mol. The van der Waals surface area contributed by atoms with E-state index in [1.165, 1.54) is 22.3 Å². The van der Waals surface area contributed by atoms with E-state index in [0.717, 1.165) is 22.3 Å². The Morgan fingerprint density at radius 2 is 1.56 bits per heavy atom. The number of azide groups is 1. The van der Waals surface area contributed by atoms with Crippen molar-refractivity contribution in [3.63, 3.8) is 0 Å². The number of nitrogens with zero attached hydrogens (tertiary/aromatic N) is 5. The molecule has 6 rings (SSSR count). The van der Waals surface area contributed by atoms with Crippen LogP contribution in [0, 0.1) is 6.92 Å². The van der Waals surface area contributed by atoms with Crippen molar-refractivity contribution in [3.05, 3.63) is 93.4 Å². The van der Waals surface area contributed by atoms with Crippen LogP contribution in [0.1, 0.15) is 55.9 Å². The van der Waals surface area contributed by atoms with Crippen molar-refractivity contribution in [1.29, 1.82) is 0 Å². The Labute approximate surface area is 253 Å². The quantitative estimate of drug-likeness (QED) is 0.150. The SMILES string of the molecule is Cc1c(B2OC(C)(C)C(C)(C)O2)cc(CN=[N+]=[N-])cc1N1CCN(C(=O)OCC2c3ccccc3-c3ccccc32)CC1. The van der Waals surface area contributed by atoms with Crippen LogP contribution in [0.4, 0.5) is 10.5 Å². The van der Waals surface area contributed by atoms with Gasteiger partial charge in [0.05, 0.1) is 17.7 Å². The van der Waals surface area contributed by atoms with E-state index < -0.39 is 18.3 Å². The number of piperazine rings is 1. The molecule has 3 aromatic carbocycles. The molecule has 3 aromatic rings. The highest BCUT2D eigenvalue weighted by atomic mass is 16.7. The van der Waals surface area contributed by atoms with Crippen molar-refractivity contribution >= 4 is 24.4 Å². The lowest BCUT2D eigenvalue weighted by Crippen LogP contribution is -2.49. The number of fused-ring (bicyclic) bond motifs is 3. The van der Waals surface area contributed by atoms with Gasteiger partial charge in [-0.1, -0.05) is 59.7 Å². The number of amides is 1. The molecule has 1 aliphatic carbocycles. The lowest BCUT2D eigenvalue weighted by atomic mass is 9.74. The van der Waals surface area contributed by atoms with Gasteiger partial charge in [0.25, 0.3) is 0 Å². The third-order valence-corrected chi connectivity index (χ3v) is 9.52. The van der Waals surface area contributed by atoms with Crippen LogP contribution >= 0.6 is 0 Å². The second-order valence-corrected chi connectivity index (χ2v) is 12.6. The first kappa shape index (κ1) is 29.1. The fourth-order valence-electron chi connectivity index (χ4n) is 6.34. The van der Waals surface area contributed by atoms with Gasteiger partial charge < -0.3 is 23.8 Å². The molecule has 9 nitrogen and oxygen atoms in total. The Kier molecular flexibility index (Phi) is 7.63. The second-order valence-electron chi connectivity index (χ2n) is 12.6. The third kappa shape index (κ3) is 5.35. The summed E-state index contributed by atoms with van der Waals surface area (Å²) in [6.45, 7) is 13.2. The predicted octanol–water partition coefficient (Wildman–Crippen LogP) is 6.18. The highest BCUT2D eigenvalue weighted by molar-refractivity contribution is 6.62. The minimum absolute atomic E-state index is 0.0347. The zero-order valence-corrected chi connectivity index (χ0v) is 25.5. The van der Waals surface area contributed by atoms with Gasteiger partial charge >= 0.3 is 13.2 Å². The van der Waals surface area contributed by atoms with Gasteiger partial charge in [-0.05, 0) is 85.1 Å². The number of carbonyl (C=O) groups is 1. The topological polar surface area (TPSA) is 100 Å². The fraction of sp³-hybridized carbons (Fsp3) is 0.424. The first-order valence-electron chi connectivity index (χ1n) is 14.9. The number of hydrogen-bond acceptors (Lipinski definition) is 6. The van der Waals surface area contributed by atoms with E-state index in [-0.39, 0.29) is 18.6 Å². The highest BCUT2D eigenvalue weighted by Crippen LogP contribution is 2.44. The third-order valence-electron chi connectivity index (χ3n) is 9.52. The molecule has 0 unspecified atom stereocenters. The molecule has 0 bridgehead atoms. The van der Waals surface area contributed by atoms with Gasteiger partial charge in [-0.2, -0.15) is 0 Å². The van der Waals surface area contributed by atoms with Gasteiger partial charge in [0.15, 0.2) is 0 Å². The highest BCUT2D eigenvalue weighted by Gasteiger charge is 2.52. The first-order valence-corrected chi connectivity index (χ1v) is 14.9. The summed E-state index contributed by atoms with van der Waals surface area (Å²) in [5, 5.41) is 3.81. The number of rotatable bonds is 6. The summed E-state index contributed by atoms with van der Waals surface area (Å²) in [6, 6.07) is 20.8. The van der Waals surface area contributed by atoms with Gasteiger partial charge in [-0.25, -0.2) is 4.79 Å². The Balaban J connectivity index is 1.15. The van der Waals surface area contributed by atoms with Gasteiger partial charge in [-0.15, -0.1) is 0 Å². The van der Waals surface area contributed by atoms with E-state index in [9.17, 15) is 4.79 Å². The minimum Gasteiger partial charge on any atom is -0.448 e. The van der Waals surface area contributed by atoms with Crippen molar-refractivity contribution in [1.82, 2.24) is 4.90 Å². The van der Waals surface area contributed by atoms with Crippen molar-refractivity contribution in [2.24, 2.45) is 5.11 Å². The molecular formula is C33H38BN5O4. The lowest BCUT2D eigenvalue weighted by Gasteiger charge is -2.37. The van der Waals surface area contributed by atoms with Crippen LogP contribution in [0.25, 0.3) is 21.6 Å². The molecule has 0 saturated carbocycles. The summed E-state index contributed by atoms with van der Waals surface area (Å²) in [5.41, 5.74) is 16.8. The molecular weight excluding hydrogens is 541 g/mol. The van der Waals surface area contributed by atoms with Crippen LogP contribution in [-0.4, -0.2) is 62.1 Å². The van der Waals surface area contributed by atoms with Crippen molar-refractivity contribution in [2.75, 3.05) is 37.7 Å². The molecule has 0 atom stereocenters. The van der Waals surface area contributed by atoms with Gasteiger partial charge in [-0.3, -0.25) is 0 Å². The van der Waals surface area contributed by atoms with E-state index in [1.807, 2.05) is 45.9 Å². The Morgan fingerprint density at radius 3 is 2.14 bits per heavy atom. The van der Waals surface area contributed by atoms with E-state index in [1.54, 1.807) is 4.90 Å². The number of carbonyl (C=O) groups excluding carboxylic acids is 1. The van der Waals surface area contributed by atoms with E-state index in [4.69, 9.17) is 19.6 Å². The molecule has 10 heteroatoms. The first-order chi connectivity index (χ1) is 20.6. The number of hydrogen-bond donors (Lipinski definition) is 0. The zero-order chi connectivity index (χ0) is 30.4. The number of anilines is 1. The summed E-state index contributed by atoms with van der Waals surface area (Å²) in [5.74, 6) is 0.0347. The summed E-state index contributed by atoms with van der Waals surface area (Å²) in [6.07, 6.45) is -0.284. The van der Waals surface area contributed by atoms with E-state index in [2.05, 4.69) is 64.3 Å². The minimum atomic E-state index is -0.531. The summed E-state index contributed by atoms with van der Waals surface area (Å²) >= 11 is 0. The Bertz CT molecular complexity index is 1530.